The van der Waals surface area contributed by atoms with Crippen LogP contribution in [0.3, 0.4) is 0 Å². The van der Waals surface area contributed by atoms with Crippen LogP contribution in [0.4, 0.5) is 10.9 Å². The van der Waals surface area contributed by atoms with Gasteiger partial charge in [-0.2, -0.15) is 0 Å². The summed E-state index contributed by atoms with van der Waals surface area (Å²) in [7, 11) is 0. The lowest BCUT2D eigenvalue weighted by molar-refractivity contribution is 0.306. The number of ether oxygens (including phenoxy) is 1. The van der Waals surface area contributed by atoms with Crippen LogP contribution < -0.4 is 10.1 Å². The van der Waals surface area contributed by atoms with Gasteiger partial charge in [0.25, 0.3) is 0 Å². The highest BCUT2D eigenvalue weighted by molar-refractivity contribution is 7.99. The average Bonchev–Trinajstić information content (AvgIpc) is 3.38. The van der Waals surface area contributed by atoms with Crippen molar-refractivity contribution < 1.29 is 4.74 Å². The minimum absolute atomic E-state index is 0. The lowest BCUT2D eigenvalue weighted by atomic mass is 10.1. The molecule has 3 aromatic rings. The number of rotatable bonds is 8. The number of anilines is 2. The van der Waals surface area contributed by atoms with Gasteiger partial charge in [-0.1, -0.05) is 43.2 Å². The number of pyridine rings is 1. The van der Waals surface area contributed by atoms with E-state index in [4.69, 9.17) is 4.74 Å². The fraction of sp³-hybridized carbons (Fsp3) is 0.364. The van der Waals surface area contributed by atoms with Gasteiger partial charge in [0.05, 0.1) is 5.69 Å². The molecule has 1 N–H and O–H groups in total. The zero-order chi connectivity index (χ0) is 19.2. The Morgan fingerprint density at radius 2 is 2.00 bits per heavy atom. The lowest BCUT2D eigenvalue weighted by Crippen LogP contribution is -2.02. The number of thioether (sulfide) groups is 1. The Balaban J connectivity index is 0.00000240. The van der Waals surface area contributed by atoms with Crippen molar-refractivity contribution >= 4 is 46.5 Å². The van der Waals surface area contributed by atoms with Crippen LogP contribution in [-0.4, -0.2) is 15.7 Å². The summed E-state index contributed by atoms with van der Waals surface area (Å²) in [5.41, 5.74) is 2.14. The molecule has 0 aliphatic heterocycles. The number of aromatic nitrogens is 2. The summed E-state index contributed by atoms with van der Waals surface area (Å²) in [5.74, 6) is 3.50. The molecule has 0 radical (unpaired) electrons. The predicted molar refractivity (Wildman–Crippen MR) is 125 cm³/mol. The summed E-state index contributed by atoms with van der Waals surface area (Å²) >= 11 is 3.47. The van der Waals surface area contributed by atoms with E-state index in [-0.39, 0.29) is 12.4 Å². The Hall–Kier alpha value is -1.76. The molecule has 1 saturated carbocycles. The van der Waals surface area contributed by atoms with Gasteiger partial charge in [-0.05, 0) is 37.3 Å². The Labute approximate surface area is 186 Å². The Kier molecular flexibility index (Phi) is 8.21. The van der Waals surface area contributed by atoms with Crippen molar-refractivity contribution in [3.8, 4) is 5.75 Å². The molecule has 0 amide bonds. The van der Waals surface area contributed by atoms with E-state index in [0.717, 1.165) is 44.5 Å². The number of halogens is 1. The van der Waals surface area contributed by atoms with Crippen LogP contribution in [0.25, 0.3) is 0 Å². The van der Waals surface area contributed by atoms with Crippen molar-refractivity contribution in [3.63, 3.8) is 0 Å². The van der Waals surface area contributed by atoms with Gasteiger partial charge in [-0.25, -0.2) is 9.97 Å². The van der Waals surface area contributed by atoms with E-state index < -0.39 is 0 Å². The minimum atomic E-state index is 0. The third kappa shape index (κ3) is 6.36. The fourth-order valence-electron chi connectivity index (χ4n) is 3.35. The Bertz CT molecular complexity index is 898. The maximum atomic E-state index is 6.15. The summed E-state index contributed by atoms with van der Waals surface area (Å²) in [6.45, 7) is 2.51. The molecule has 0 unspecified atom stereocenters. The van der Waals surface area contributed by atoms with E-state index >= 15 is 0 Å². The van der Waals surface area contributed by atoms with E-state index in [9.17, 15) is 0 Å². The van der Waals surface area contributed by atoms with E-state index in [1.54, 1.807) is 11.3 Å². The Morgan fingerprint density at radius 3 is 2.72 bits per heavy atom. The van der Waals surface area contributed by atoms with Crippen molar-refractivity contribution in [2.75, 3.05) is 11.1 Å². The fourth-order valence-corrected chi connectivity index (χ4v) is 5.11. The summed E-state index contributed by atoms with van der Waals surface area (Å²) in [6, 6.07) is 12.3. The first-order valence-corrected chi connectivity index (χ1v) is 11.6. The maximum Gasteiger partial charge on any atom is 0.188 e. The van der Waals surface area contributed by atoms with Crippen LogP contribution in [0.5, 0.6) is 5.75 Å². The van der Waals surface area contributed by atoms with Gasteiger partial charge in [0.15, 0.2) is 16.7 Å². The van der Waals surface area contributed by atoms with E-state index in [1.165, 1.54) is 25.7 Å². The third-order valence-electron chi connectivity index (χ3n) is 4.87. The zero-order valence-corrected chi connectivity index (χ0v) is 18.9. The minimum Gasteiger partial charge on any atom is -0.485 e. The summed E-state index contributed by atoms with van der Waals surface area (Å²) in [6.07, 6.45) is 7.43. The topological polar surface area (TPSA) is 47.0 Å². The zero-order valence-electron chi connectivity index (χ0n) is 16.5. The maximum absolute atomic E-state index is 6.15. The number of hydrogen-bond acceptors (Lipinski definition) is 6. The second-order valence-electron chi connectivity index (χ2n) is 7.17. The average molecular weight is 448 g/mol. The quantitative estimate of drug-likeness (QED) is 0.381. The van der Waals surface area contributed by atoms with E-state index in [0.29, 0.717) is 6.61 Å². The van der Waals surface area contributed by atoms with Crippen molar-refractivity contribution in [2.24, 2.45) is 5.92 Å². The van der Waals surface area contributed by atoms with Gasteiger partial charge < -0.3 is 10.1 Å². The molecule has 0 bridgehead atoms. The molecule has 0 spiro atoms. The van der Waals surface area contributed by atoms with Gasteiger partial charge in [-0.3, -0.25) is 0 Å². The molecule has 29 heavy (non-hydrogen) atoms. The standard InChI is InChI=1S/C22H25N3OS2.ClH/c1-16-14-28-22(24-16)25-21-20(26-13-17-7-3-2-4-8-17)11-19(12-23-21)27-15-18-9-5-6-10-18;/h2-4,7-8,11-12,14,18H,5-6,9-10,13,15H2,1H3,(H,23,24,25);1H. The van der Waals surface area contributed by atoms with Gasteiger partial charge in [0, 0.05) is 22.2 Å². The number of benzene rings is 1. The highest BCUT2D eigenvalue weighted by Gasteiger charge is 2.16. The van der Waals surface area contributed by atoms with E-state index in [2.05, 4.69) is 33.5 Å². The molecule has 4 nitrogen and oxygen atoms in total. The van der Waals surface area contributed by atoms with Crippen LogP contribution in [0.1, 0.15) is 36.9 Å². The molecule has 1 aliphatic rings. The third-order valence-corrected chi connectivity index (χ3v) is 6.94. The number of aryl methyl sites for hydroxylation is 1. The van der Waals surface area contributed by atoms with E-state index in [1.807, 2.05) is 48.5 Å². The summed E-state index contributed by atoms with van der Waals surface area (Å²) in [5, 5.41) is 6.18. The van der Waals surface area contributed by atoms with Crippen LogP contribution in [-0.2, 0) is 6.61 Å². The normalized spacial score (nSPS) is 13.8. The molecular formula is C22H26ClN3OS2. The smallest absolute Gasteiger partial charge is 0.188 e. The SMILES string of the molecule is Cc1csc(Nc2ncc(SCC3CCCC3)cc2OCc2ccccc2)n1.Cl. The molecule has 1 fully saturated rings. The highest BCUT2D eigenvalue weighted by Crippen LogP contribution is 2.35. The van der Waals surface area contributed by atoms with Gasteiger partial charge in [0.2, 0.25) is 0 Å². The molecule has 1 aliphatic carbocycles. The van der Waals surface area contributed by atoms with Crippen molar-refractivity contribution in [2.45, 2.75) is 44.1 Å². The van der Waals surface area contributed by atoms with Crippen molar-refractivity contribution in [3.05, 3.63) is 59.2 Å². The van der Waals surface area contributed by atoms with Gasteiger partial charge >= 0.3 is 0 Å². The number of nitrogens with one attached hydrogen (secondary N) is 1. The number of thiazole rings is 1. The molecule has 0 saturated heterocycles. The van der Waals surface area contributed by atoms with Crippen LogP contribution in [0.2, 0.25) is 0 Å². The first kappa shape index (κ1) is 21.9. The molecule has 0 atom stereocenters. The Morgan fingerprint density at radius 1 is 1.21 bits per heavy atom. The van der Waals surface area contributed by atoms with Gasteiger partial charge in [0.1, 0.15) is 6.61 Å². The van der Waals surface area contributed by atoms with Gasteiger partial charge in [-0.15, -0.1) is 35.5 Å². The second-order valence-corrected chi connectivity index (χ2v) is 9.12. The first-order chi connectivity index (χ1) is 13.8. The summed E-state index contributed by atoms with van der Waals surface area (Å²) < 4.78 is 6.15. The molecule has 4 rings (SSSR count). The second kappa shape index (κ2) is 10.9. The molecule has 2 heterocycles. The summed E-state index contributed by atoms with van der Waals surface area (Å²) in [4.78, 5) is 10.3. The molecular weight excluding hydrogens is 422 g/mol. The number of nitrogens with zero attached hydrogens (tertiary/aromatic N) is 2. The molecule has 154 valence electrons. The first-order valence-electron chi connectivity index (χ1n) is 9.75. The highest BCUT2D eigenvalue weighted by atomic mass is 35.5. The van der Waals surface area contributed by atoms with Crippen LogP contribution in [0.15, 0.2) is 52.9 Å². The molecule has 2 aromatic heterocycles. The molecule has 1 aromatic carbocycles. The number of hydrogen-bond donors (Lipinski definition) is 1. The molecule has 7 heteroatoms. The predicted octanol–water partition coefficient (Wildman–Crippen LogP) is 6.87. The lowest BCUT2D eigenvalue weighted by Gasteiger charge is -2.14. The van der Waals surface area contributed by atoms with Crippen molar-refractivity contribution in [1.29, 1.82) is 0 Å². The largest absolute Gasteiger partial charge is 0.485 e. The monoisotopic (exact) mass is 447 g/mol. The van der Waals surface area contributed by atoms with Crippen molar-refractivity contribution in [1.82, 2.24) is 9.97 Å². The van der Waals surface area contributed by atoms with Crippen LogP contribution in [0, 0.1) is 12.8 Å². The van der Waals surface area contributed by atoms with Crippen LogP contribution >= 0.6 is 35.5 Å².